The quantitative estimate of drug-likeness (QED) is 0.318. The molecule has 0 spiro atoms. The first-order valence-electron chi connectivity index (χ1n) is 11.9. The van der Waals surface area contributed by atoms with Crippen molar-refractivity contribution in [3.8, 4) is 11.1 Å². The zero-order chi connectivity index (χ0) is 22.5. The molecule has 1 aliphatic heterocycles. The zero-order valence-corrected chi connectivity index (χ0v) is 19.9. The molecule has 32 heavy (non-hydrogen) atoms. The fourth-order valence-corrected chi connectivity index (χ4v) is 8.48. The van der Waals surface area contributed by atoms with Gasteiger partial charge >= 0.3 is 0 Å². The van der Waals surface area contributed by atoms with Crippen LogP contribution in [0.3, 0.4) is 0 Å². The van der Waals surface area contributed by atoms with Crippen LogP contribution in [0.25, 0.3) is 11.1 Å². The lowest BCUT2D eigenvalue weighted by Crippen LogP contribution is -2.20. The molecule has 3 aromatic rings. The number of rotatable bonds is 7. The van der Waals surface area contributed by atoms with E-state index in [1.165, 1.54) is 60.7 Å². The molecular formula is C28H31F3Si. The van der Waals surface area contributed by atoms with E-state index >= 15 is 0 Å². The topological polar surface area (TPSA) is 0 Å². The van der Waals surface area contributed by atoms with E-state index in [2.05, 4.69) is 31.2 Å². The second kappa shape index (κ2) is 10.5. The summed E-state index contributed by atoms with van der Waals surface area (Å²) in [6.07, 6.45) is 5.66. The van der Waals surface area contributed by atoms with E-state index in [-0.39, 0.29) is 5.56 Å². The normalized spacial score (nSPS) is 18.6. The molecule has 4 heteroatoms. The van der Waals surface area contributed by atoms with Crippen LogP contribution in [0.2, 0.25) is 18.1 Å². The van der Waals surface area contributed by atoms with Gasteiger partial charge in [0.15, 0.2) is 11.6 Å². The van der Waals surface area contributed by atoms with Crippen LogP contribution in [0, 0.1) is 17.5 Å². The molecule has 0 saturated carbocycles. The first-order valence-corrected chi connectivity index (χ1v) is 14.3. The molecule has 0 aliphatic carbocycles. The summed E-state index contributed by atoms with van der Waals surface area (Å²) in [5.41, 5.74) is 4.26. The Kier molecular flexibility index (Phi) is 7.51. The number of hydrogen-bond acceptors (Lipinski definition) is 0. The molecule has 168 valence electrons. The van der Waals surface area contributed by atoms with Gasteiger partial charge in [-0.1, -0.05) is 73.9 Å². The summed E-state index contributed by atoms with van der Waals surface area (Å²) in [5.74, 6) is -1.58. The van der Waals surface area contributed by atoms with Gasteiger partial charge in [0.1, 0.15) is 5.82 Å². The Labute approximate surface area is 191 Å². The lowest BCUT2D eigenvalue weighted by molar-refractivity contribution is 0.509. The van der Waals surface area contributed by atoms with Crippen molar-refractivity contribution >= 4 is 8.80 Å². The van der Waals surface area contributed by atoms with E-state index in [1.54, 1.807) is 6.07 Å². The highest BCUT2D eigenvalue weighted by Gasteiger charge is 2.22. The van der Waals surface area contributed by atoms with E-state index in [0.717, 1.165) is 36.5 Å². The molecule has 0 aromatic heterocycles. The molecule has 1 heterocycles. The van der Waals surface area contributed by atoms with E-state index in [4.69, 9.17) is 0 Å². The van der Waals surface area contributed by atoms with Gasteiger partial charge in [0.05, 0.1) is 0 Å². The van der Waals surface area contributed by atoms with Gasteiger partial charge in [0.25, 0.3) is 0 Å². The van der Waals surface area contributed by atoms with Gasteiger partial charge in [-0.05, 0) is 72.1 Å². The van der Waals surface area contributed by atoms with E-state index in [9.17, 15) is 13.2 Å². The van der Waals surface area contributed by atoms with Gasteiger partial charge in [0, 0.05) is 14.4 Å². The maximum atomic E-state index is 14.6. The molecule has 1 fully saturated rings. The smallest absolute Gasteiger partial charge is 0.159 e. The Balaban J connectivity index is 1.34. The van der Waals surface area contributed by atoms with E-state index in [1.807, 2.05) is 6.07 Å². The predicted molar refractivity (Wildman–Crippen MR) is 129 cm³/mol. The minimum Gasteiger partial charge on any atom is -0.206 e. The first-order chi connectivity index (χ1) is 15.5. The Hall–Kier alpha value is -2.33. The Morgan fingerprint density at radius 2 is 1.44 bits per heavy atom. The third-order valence-electron chi connectivity index (χ3n) is 6.96. The second-order valence-corrected chi connectivity index (χ2v) is 12.7. The zero-order valence-electron chi connectivity index (χ0n) is 18.7. The SMILES string of the molecule is CCC[SiH]1CCC(c2ccc(CCc3ccc(-c4ccc(F)c(F)c4)c(F)c3)cc2)CC1. The van der Waals surface area contributed by atoms with Crippen molar-refractivity contribution in [1.29, 1.82) is 0 Å². The molecule has 4 rings (SSSR count). The van der Waals surface area contributed by atoms with Crippen LogP contribution in [0.4, 0.5) is 13.2 Å². The average Bonchev–Trinajstić information content (AvgIpc) is 2.81. The van der Waals surface area contributed by atoms with Crippen LogP contribution in [-0.2, 0) is 12.8 Å². The van der Waals surface area contributed by atoms with Crippen LogP contribution in [-0.4, -0.2) is 8.80 Å². The van der Waals surface area contributed by atoms with E-state index < -0.39 is 26.2 Å². The van der Waals surface area contributed by atoms with Gasteiger partial charge in [-0.25, -0.2) is 13.2 Å². The summed E-state index contributed by atoms with van der Waals surface area (Å²) in [4.78, 5) is 0. The van der Waals surface area contributed by atoms with Crippen molar-refractivity contribution in [3.63, 3.8) is 0 Å². The third kappa shape index (κ3) is 5.53. The van der Waals surface area contributed by atoms with E-state index in [0.29, 0.717) is 5.56 Å². The molecule has 0 unspecified atom stereocenters. The van der Waals surface area contributed by atoms with Crippen LogP contribution in [0.15, 0.2) is 60.7 Å². The number of hydrogen-bond donors (Lipinski definition) is 0. The summed E-state index contributed by atoms with van der Waals surface area (Å²) in [7, 11) is -0.443. The maximum absolute atomic E-state index is 14.6. The highest BCUT2D eigenvalue weighted by Crippen LogP contribution is 2.35. The Morgan fingerprint density at radius 1 is 0.750 bits per heavy atom. The molecule has 0 nitrogen and oxygen atoms in total. The molecule has 0 amide bonds. The van der Waals surface area contributed by atoms with Crippen molar-refractivity contribution in [1.82, 2.24) is 0 Å². The van der Waals surface area contributed by atoms with Gasteiger partial charge in [0.2, 0.25) is 0 Å². The van der Waals surface area contributed by atoms with Crippen molar-refractivity contribution < 1.29 is 13.2 Å². The van der Waals surface area contributed by atoms with Crippen molar-refractivity contribution in [2.75, 3.05) is 0 Å². The Morgan fingerprint density at radius 3 is 2.09 bits per heavy atom. The van der Waals surface area contributed by atoms with Gasteiger partial charge in [-0.2, -0.15) is 0 Å². The maximum Gasteiger partial charge on any atom is 0.159 e. The fraction of sp³-hybridized carbons (Fsp3) is 0.357. The molecule has 0 N–H and O–H groups in total. The van der Waals surface area contributed by atoms with Crippen molar-refractivity contribution in [2.24, 2.45) is 0 Å². The van der Waals surface area contributed by atoms with Crippen LogP contribution >= 0.6 is 0 Å². The monoisotopic (exact) mass is 452 g/mol. The molecular weight excluding hydrogens is 421 g/mol. The molecule has 1 aliphatic rings. The fourth-order valence-electron chi connectivity index (χ4n) is 5.05. The minimum absolute atomic E-state index is 0.286. The Bertz CT molecular complexity index is 1040. The van der Waals surface area contributed by atoms with Gasteiger partial charge < -0.3 is 0 Å². The number of halogens is 3. The number of aryl methyl sites for hydroxylation is 2. The molecule has 0 bridgehead atoms. The summed E-state index contributed by atoms with van der Waals surface area (Å²) < 4.78 is 41.2. The van der Waals surface area contributed by atoms with Crippen LogP contribution in [0.5, 0.6) is 0 Å². The van der Waals surface area contributed by atoms with Gasteiger partial charge in [-0.3, -0.25) is 0 Å². The summed E-state index contributed by atoms with van der Waals surface area (Å²) >= 11 is 0. The largest absolute Gasteiger partial charge is 0.206 e. The van der Waals surface area contributed by atoms with Crippen molar-refractivity contribution in [2.45, 2.75) is 63.1 Å². The first kappa shape index (κ1) is 22.8. The van der Waals surface area contributed by atoms with Crippen LogP contribution < -0.4 is 0 Å². The number of benzene rings is 3. The minimum atomic E-state index is -0.967. The van der Waals surface area contributed by atoms with Crippen LogP contribution in [0.1, 0.15) is 48.8 Å². The summed E-state index contributed by atoms with van der Waals surface area (Å²) in [6, 6.07) is 22.0. The molecule has 0 atom stereocenters. The van der Waals surface area contributed by atoms with Crippen molar-refractivity contribution in [3.05, 3.63) is 94.8 Å². The average molecular weight is 453 g/mol. The molecule has 1 saturated heterocycles. The predicted octanol–water partition coefficient (Wildman–Crippen LogP) is 8.07. The van der Waals surface area contributed by atoms with Gasteiger partial charge in [-0.15, -0.1) is 0 Å². The molecule has 3 aromatic carbocycles. The summed E-state index contributed by atoms with van der Waals surface area (Å²) in [6.45, 7) is 2.31. The standard InChI is InChI=1S/C28H31F3Si/c1-2-15-32-16-13-23(14-17-32)22-8-5-20(6-9-22)3-4-21-7-11-25(27(30)18-21)24-10-12-26(29)28(31)19-24/h5-12,18-19,23,32H,2-4,13-17H2,1H3. The lowest BCUT2D eigenvalue weighted by Gasteiger charge is -2.27. The third-order valence-corrected chi connectivity index (χ3v) is 10.7. The molecule has 0 radical (unpaired) electrons. The summed E-state index contributed by atoms with van der Waals surface area (Å²) in [5, 5.41) is 0. The second-order valence-electron chi connectivity index (χ2n) is 9.19. The highest BCUT2D eigenvalue weighted by atomic mass is 28.3. The lowest BCUT2D eigenvalue weighted by atomic mass is 9.92. The highest BCUT2D eigenvalue weighted by molar-refractivity contribution is 6.59.